The van der Waals surface area contributed by atoms with Crippen LogP contribution in [0.25, 0.3) is 5.82 Å². The Balaban J connectivity index is 1.83. The molecule has 0 saturated heterocycles. The number of Topliss-reactive ketones (excluding diaryl/α,β-unsaturated/α-hetero) is 1. The van der Waals surface area contributed by atoms with Crippen molar-refractivity contribution in [1.82, 2.24) is 9.72 Å². The molecule has 0 aliphatic carbocycles. The molecule has 0 spiro atoms. The molecule has 0 fully saturated rings. The Hall–Kier alpha value is -4.29. The van der Waals surface area contributed by atoms with Crippen LogP contribution in [0.15, 0.2) is 28.8 Å². The third-order valence-corrected chi connectivity index (χ3v) is 4.83. The first-order chi connectivity index (χ1) is 16.0. The number of methoxy groups -OCH3 is 1. The summed E-state index contributed by atoms with van der Waals surface area (Å²) in [7, 11) is 1.10. The first kappa shape index (κ1) is 24.4. The summed E-state index contributed by atoms with van der Waals surface area (Å²) >= 11 is 0. The first-order valence-corrected chi connectivity index (χ1v) is 9.67. The summed E-state index contributed by atoms with van der Waals surface area (Å²) in [6.07, 6.45) is 0. The number of esters is 1. The van der Waals surface area contributed by atoms with E-state index in [-0.39, 0.29) is 11.3 Å². The van der Waals surface area contributed by atoms with Crippen LogP contribution in [-0.4, -0.2) is 46.7 Å². The summed E-state index contributed by atoms with van der Waals surface area (Å²) in [6.45, 7) is 1.14. The number of benzene rings is 1. The monoisotopic (exact) mass is 479 g/mol. The zero-order valence-electron chi connectivity index (χ0n) is 18.5. The van der Waals surface area contributed by atoms with Gasteiger partial charge in [-0.05, 0) is 26.8 Å². The summed E-state index contributed by atoms with van der Waals surface area (Å²) in [4.78, 5) is 35.7. The number of carbonyl (C=O) groups excluding carboxylic acids is 2. The summed E-state index contributed by atoms with van der Waals surface area (Å²) in [6, 6.07) is 4.72. The van der Waals surface area contributed by atoms with E-state index in [9.17, 15) is 28.5 Å². The number of aryl methyl sites for hydroxylation is 2. The predicted molar refractivity (Wildman–Crippen MR) is 111 cm³/mol. The molecular formula is C21H19F2N3O8. The largest absolute Gasteiger partial charge is 0.493 e. The Morgan fingerprint density at radius 1 is 1.15 bits per heavy atom. The number of halogens is 2. The first-order valence-electron chi connectivity index (χ1n) is 9.67. The molecule has 3 rings (SSSR count). The SMILES string of the molecule is COc1cc(C(=O)OCC(=O)c2cc(C)n(-c3cc(C)on3)c2C)c([N+](=O)[O-])cc1OC(F)F. The minimum absolute atomic E-state index is 0.249. The highest BCUT2D eigenvalue weighted by Gasteiger charge is 2.28. The predicted octanol–water partition coefficient (Wildman–Crippen LogP) is 3.95. The lowest BCUT2D eigenvalue weighted by Gasteiger charge is -2.12. The third-order valence-electron chi connectivity index (χ3n) is 4.83. The number of carbonyl (C=O) groups is 2. The van der Waals surface area contributed by atoms with E-state index in [4.69, 9.17) is 14.0 Å². The zero-order chi connectivity index (χ0) is 25.2. The number of hydrogen-bond acceptors (Lipinski definition) is 9. The third kappa shape index (κ3) is 4.87. The molecular weight excluding hydrogens is 460 g/mol. The maximum atomic E-state index is 12.7. The molecule has 2 heterocycles. The number of alkyl halides is 2. The number of hydrogen-bond donors (Lipinski definition) is 0. The Labute approximate surface area is 190 Å². The highest BCUT2D eigenvalue weighted by atomic mass is 19.3. The van der Waals surface area contributed by atoms with E-state index < -0.39 is 46.9 Å². The highest BCUT2D eigenvalue weighted by molar-refractivity contribution is 6.01. The standard InChI is InChI=1S/C21H19F2N3O8/c1-10-5-13(12(3)25(10)19-6-11(2)34-24-19)16(27)9-32-20(28)14-7-17(31-4)18(33-21(22)23)8-15(14)26(29)30/h5-8,21H,9H2,1-4H3. The number of nitro groups is 1. The van der Waals surface area contributed by atoms with Crippen molar-refractivity contribution >= 4 is 17.4 Å². The van der Waals surface area contributed by atoms with Gasteiger partial charge in [-0.1, -0.05) is 5.16 Å². The molecule has 11 nitrogen and oxygen atoms in total. The van der Waals surface area contributed by atoms with Crippen LogP contribution < -0.4 is 9.47 Å². The molecule has 13 heteroatoms. The van der Waals surface area contributed by atoms with E-state index in [0.717, 1.165) is 13.2 Å². The molecule has 3 aromatic rings. The molecule has 0 bridgehead atoms. The second kappa shape index (κ2) is 9.68. The van der Waals surface area contributed by atoms with Gasteiger partial charge in [0.1, 0.15) is 11.3 Å². The summed E-state index contributed by atoms with van der Waals surface area (Å²) in [5.41, 5.74) is -0.00419. The van der Waals surface area contributed by atoms with Crippen LogP contribution in [-0.2, 0) is 4.74 Å². The average Bonchev–Trinajstić information content (AvgIpc) is 3.32. The molecule has 0 unspecified atom stereocenters. The number of ketones is 1. The Morgan fingerprint density at radius 3 is 2.41 bits per heavy atom. The lowest BCUT2D eigenvalue weighted by atomic mass is 10.1. The van der Waals surface area contributed by atoms with Gasteiger partial charge in [0.05, 0.1) is 18.1 Å². The van der Waals surface area contributed by atoms with E-state index in [1.807, 2.05) is 0 Å². The van der Waals surface area contributed by atoms with E-state index >= 15 is 0 Å². The minimum Gasteiger partial charge on any atom is -0.493 e. The molecule has 180 valence electrons. The molecule has 2 aromatic heterocycles. The fourth-order valence-electron chi connectivity index (χ4n) is 3.35. The van der Waals surface area contributed by atoms with Crippen LogP contribution in [0.5, 0.6) is 11.5 Å². The summed E-state index contributed by atoms with van der Waals surface area (Å²) < 4.78 is 46.0. The van der Waals surface area contributed by atoms with Gasteiger partial charge in [0, 0.05) is 29.1 Å². The van der Waals surface area contributed by atoms with Crippen LogP contribution in [0.3, 0.4) is 0 Å². The zero-order valence-corrected chi connectivity index (χ0v) is 18.5. The molecule has 0 N–H and O–H groups in total. The molecule has 0 saturated carbocycles. The highest BCUT2D eigenvalue weighted by Crippen LogP contribution is 2.36. The van der Waals surface area contributed by atoms with Gasteiger partial charge < -0.3 is 18.7 Å². The Kier molecular flexibility index (Phi) is 6.94. The fraction of sp³-hybridized carbons (Fsp3) is 0.286. The van der Waals surface area contributed by atoms with Crippen molar-refractivity contribution in [3.63, 3.8) is 0 Å². The van der Waals surface area contributed by atoms with E-state index in [1.165, 1.54) is 0 Å². The van der Waals surface area contributed by atoms with Gasteiger partial charge in [0.15, 0.2) is 23.9 Å². The second-order valence-corrected chi connectivity index (χ2v) is 7.07. The van der Waals surface area contributed by atoms with Crippen molar-refractivity contribution in [1.29, 1.82) is 0 Å². The maximum absolute atomic E-state index is 12.7. The molecule has 1 aromatic carbocycles. The summed E-state index contributed by atoms with van der Waals surface area (Å²) in [5.74, 6) is -1.73. The van der Waals surface area contributed by atoms with E-state index in [0.29, 0.717) is 29.0 Å². The van der Waals surface area contributed by atoms with Crippen LogP contribution in [0.4, 0.5) is 14.5 Å². The molecule has 34 heavy (non-hydrogen) atoms. The van der Waals surface area contributed by atoms with Gasteiger partial charge in [-0.15, -0.1) is 0 Å². The number of nitrogens with zero attached hydrogens (tertiary/aromatic N) is 3. The van der Waals surface area contributed by atoms with E-state index in [1.54, 1.807) is 37.5 Å². The minimum atomic E-state index is -3.27. The molecule has 0 aliphatic rings. The number of rotatable bonds is 9. The number of ether oxygens (including phenoxy) is 3. The fourth-order valence-corrected chi connectivity index (χ4v) is 3.35. The van der Waals surface area contributed by atoms with Crippen LogP contribution in [0.1, 0.15) is 37.9 Å². The van der Waals surface area contributed by atoms with Crippen molar-refractivity contribution in [2.45, 2.75) is 27.4 Å². The van der Waals surface area contributed by atoms with Crippen molar-refractivity contribution in [2.75, 3.05) is 13.7 Å². The van der Waals surface area contributed by atoms with E-state index in [2.05, 4.69) is 9.89 Å². The molecule has 0 amide bonds. The van der Waals surface area contributed by atoms with Gasteiger partial charge in [-0.2, -0.15) is 8.78 Å². The normalized spacial score (nSPS) is 10.9. The van der Waals surface area contributed by atoms with Gasteiger partial charge in [-0.3, -0.25) is 19.5 Å². The smallest absolute Gasteiger partial charge is 0.387 e. The number of aromatic nitrogens is 2. The second-order valence-electron chi connectivity index (χ2n) is 7.07. The van der Waals surface area contributed by atoms with Crippen molar-refractivity contribution < 1.29 is 42.0 Å². The lowest BCUT2D eigenvalue weighted by molar-refractivity contribution is -0.385. The van der Waals surface area contributed by atoms with Gasteiger partial charge in [0.2, 0.25) is 5.78 Å². The van der Waals surface area contributed by atoms with Crippen LogP contribution in [0, 0.1) is 30.9 Å². The average molecular weight is 479 g/mol. The maximum Gasteiger partial charge on any atom is 0.387 e. The lowest BCUT2D eigenvalue weighted by Crippen LogP contribution is -2.16. The quantitative estimate of drug-likeness (QED) is 0.193. The molecule has 0 radical (unpaired) electrons. The van der Waals surface area contributed by atoms with Crippen LogP contribution >= 0.6 is 0 Å². The van der Waals surface area contributed by atoms with Crippen molar-refractivity contribution in [2.24, 2.45) is 0 Å². The van der Waals surface area contributed by atoms with Gasteiger partial charge in [-0.25, -0.2) is 4.79 Å². The number of nitro benzene ring substituents is 1. The van der Waals surface area contributed by atoms with Crippen LogP contribution in [0.2, 0.25) is 0 Å². The topological polar surface area (TPSA) is 136 Å². The van der Waals surface area contributed by atoms with Gasteiger partial charge in [0.25, 0.3) is 5.69 Å². The van der Waals surface area contributed by atoms with Crippen molar-refractivity contribution in [3.8, 4) is 17.3 Å². The van der Waals surface area contributed by atoms with Gasteiger partial charge >= 0.3 is 12.6 Å². The molecule has 0 atom stereocenters. The Bertz CT molecular complexity index is 1270. The molecule has 0 aliphatic heterocycles. The Morgan fingerprint density at radius 2 is 1.85 bits per heavy atom. The van der Waals surface area contributed by atoms with Crippen molar-refractivity contribution in [3.05, 3.63) is 62.7 Å². The summed E-state index contributed by atoms with van der Waals surface area (Å²) in [5, 5.41) is 15.3.